The van der Waals surface area contributed by atoms with Gasteiger partial charge >= 0.3 is 0 Å². The van der Waals surface area contributed by atoms with E-state index in [2.05, 4.69) is 59.5 Å². The lowest BCUT2D eigenvalue weighted by molar-refractivity contribution is -0.116. The standard InChI is InChI=1S/C34H40N6O3/c1-22-5-6-25(32(42)37-27-8-9-29-31(19-27)40(23(2)41)21-34(29,3)4)18-28(22)24-7-10-30-26(17-24)20-36-33(38-30)35-11-12-39-13-15-43-16-14-39/h5-10,17-20,32,37,42H,11-16,21H2,1-4H3,(H,35,36,38). The summed E-state index contributed by atoms with van der Waals surface area (Å²) >= 11 is 0. The van der Waals surface area contributed by atoms with Crippen molar-refractivity contribution in [3.05, 3.63) is 77.5 Å². The van der Waals surface area contributed by atoms with Crippen molar-refractivity contribution in [3.8, 4) is 11.1 Å². The van der Waals surface area contributed by atoms with Crippen LogP contribution in [-0.4, -0.2) is 71.8 Å². The first-order valence-electron chi connectivity index (χ1n) is 15.0. The van der Waals surface area contributed by atoms with Gasteiger partial charge in [-0.3, -0.25) is 9.69 Å². The number of carbonyl (C=O) groups excluding carboxylic acids is 1. The van der Waals surface area contributed by atoms with E-state index in [1.54, 1.807) is 6.92 Å². The zero-order valence-corrected chi connectivity index (χ0v) is 25.4. The Morgan fingerprint density at radius 3 is 2.70 bits per heavy atom. The zero-order valence-electron chi connectivity index (χ0n) is 25.4. The highest BCUT2D eigenvalue weighted by atomic mass is 16.5. The van der Waals surface area contributed by atoms with Crippen LogP contribution in [0.25, 0.3) is 22.0 Å². The molecule has 3 N–H and O–H groups in total. The second-order valence-corrected chi connectivity index (χ2v) is 12.2. The number of fused-ring (bicyclic) bond motifs is 2. The number of nitrogens with zero attached hydrogens (tertiary/aromatic N) is 4. The molecule has 2 aliphatic heterocycles. The number of morpholine rings is 1. The summed E-state index contributed by atoms with van der Waals surface area (Å²) in [6.45, 7) is 13.8. The number of carbonyl (C=O) groups is 1. The van der Waals surface area contributed by atoms with Crippen LogP contribution in [0.2, 0.25) is 0 Å². The van der Waals surface area contributed by atoms with Gasteiger partial charge in [0, 0.05) is 73.6 Å². The maximum absolute atomic E-state index is 12.3. The van der Waals surface area contributed by atoms with Crippen LogP contribution in [0.3, 0.4) is 0 Å². The maximum Gasteiger partial charge on any atom is 0.223 e. The van der Waals surface area contributed by atoms with Crippen molar-refractivity contribution in [2.45, 2.75) is 39.3 Å². The molecule has 9 heteroatoms. The van der Waals surface area contributed by atoms with Crippen LogP contribution < -0.4 is 15.5 Å². The number of rotatable bonds is 8. The molecular weight excluding hydrogens is 540 g/mol. The highest BCUT2D eigenvalue weighted by Gasteiger charge is 2.37. The third-order valence-corrected chi connectivity index (χ3v) is 8.54. The maximum atomic E-state index is 12.3. The van der Waals surface area contributed by atoms with E-state index in [4.69, 9.17) is 9.72 Å². The first-order chi connectivity index (χ1) is 20.7. The molecular formula is C34H40N6O3. The number of aliphatic hydroxyl groups is 1. The zero-order chi connectivity index (χ0) is 30.1. The van der Waals surface area contributed by atoms with Gasteiger partial charge in [0.2, 0.25) is 11.9 Å². The smallest absolute Gasteiger partial charge is 0.223 e. The van der Waals surface area contributed by atoms with Crippen LogP contribution in [0.4, 0.5) is 17.3 Å². The van der Waals surface area contributed by atoms with E-state index < -0.39 is 6.23 Å². The Hall–Kier alpha value is -4.05. The fourth-order valence-electron chi connectivity index (χ4n) is 6.06. The molecule has 1 fully saturated rings. The third kappa shape index (κ3) is 6.20. The number of ether oxygens (including phenoxy) is 1. The monoisotopic (exact) mass is 580 g/mol. The number of nitrogens with one attached hydrogen (secondary N) is 2. The largest absolute Gasteiger partial charge is 0.379 e. The first-order valence-corrected chi connectivity index (χ1v) is 15.0. The highest BCUT2D eigenvalue weighted by Crippen LogP contribution is 2.42. The number of amides is 1. The second kappa shape index (κ2) is 11.9. The van der Waals surface area contributed by atoms with E-state index >= 15 is 0 Å². The van der Waals surface area contributed by atoms with E-state index in [9.17, 15) is 9.90 Å². The van der Waals surface area contributed by atoms with E-state index in [1.807, 2.05) is 47.5 Å². The molecule has 224 valence electrons. The SMILES string of the molecule is CC(=O)N1CC(C)(C)c2ccc(NC(O)c3ccc(C)c(-c4ccc5nc(NCCN6CCOCC6)ncc5c4)c3)cc21. The quantitative estimate of drug-likeness (QED) is 0.248. The van der Waals surface area contributed by atoms with E-state index in [-0.39, 0.29) is 11.3 Å². The molecule has 1 aromatic heterocycles. The van der Waals surface area contributed by atoms with Gasteiger partial charge in [-0.25, -0.2) is 9.97 Å². The minimum absolute atomic E-state index is 0.0183. The minimum atomic E-state index is -0.924. The van der Waals surface area contributed by atoms with Crippen LogP contribution in [-0.2, 0) is 14.9 Å². The van der Waals surface area contributed by atoms with Gasteiger partial charge < -0.3 is 25.4 Å². The molecule has 2 aliphatic rings. The van der Waals surface area contributed by atoms with Gasteiger partial charge in [-0.15, -0.1) is 0 Å². The number of aromatic nitrogens is 2. The van der Waals surface area contributed by atoms with Crippen molar-refractivity contribution in [1.29, 1.82) is 0 Å². The Bertz CT molecular complexity index is 1650. The molecule has 1 unspecified atom stereocenters. The lowest BCUT2D eigenvalue weighted by atomic mass is 9.87. The minimum Gasteiger partial charge on any atom is -0.379 e. The van der Waals surface area contributed by atoms with Gasteiger partial charge in [-0.1, -0.05) is 38.1 Å². The Morgan fingerprint density at radius 2 is 1.91 bits per heavy atom. The number of benzene rings is 3. The van der Waals surface area contributed by atoms with Crippen molar-refractivity contribution in [2.75, 3.05) is 61.5 Å². The summed E-state index contributed by atoms with van der Waals surface area (Å²) in [4.78, 5) is 25.7. The number of hydrogen-bond acceptors (Lipinski definition) is 8. The van der Waals surface area contributed by atoms with Gasteiger partial charge in [0.1, 0.15) is 0 Å². The Balaban J connectivity index is 1.17. The van der Waals surface area contributed by atoms with Crippen LogP contribution in [0.1, 0.15) is 43.7 Å². The van der Waals surface area contributed by atoms with Crippen LogP contribution >= 0.6 is 0 Å². The molecule has 1 amide bonds. The van der Waals surface area contributed by atoms with Gasteiger partial charge in [0.05, 0.1) is 18.7 Å². The molecule has 9 nitrogen and oxygen atoms in total. The van der Waals surface area contributed by atoms with Gasteiger partial charge in [0.25, 0.3) is 0 Å². The van der Waals surface area contributed by atoms with Crippen molar-refractivity contribution in [2.24, 2.45) is 0 Å². The van der Waals surface area contributed by atoms with Gasteiger partial charge in [-0.2, -0.15) is 0 Å². The average molecular weight is 581 g/mol. The average Bonchev–Trinajstić information content (AvgIpc) is 3.27. The van der Waals surface area contributed by atoms with Crippen molar-refractivity contribution in [3.63, 3.8) is 0 Å². The van der Waals surface area contributed by atoms with Crippen molar-refractivity contribution < 1.29 is 14.6 Å². The van der Waals surface area contributed by atoms with E-state index in [0.29, 0.717) is 12.5 Å². The predicted molar refractivity (Wildman–Crippen MR) is 172 cm³/mol. The van der Waals surface area contributed by atoms with Crippen molar-refractivity contribution >= 4 is 34.1 Å². The summed E-state index contributed by atoms with van der Waals surface area (Å²) in [5.41, 5.74) is 7.48. The number of anilines is 3. The summed E-state index contributed by atoms with van der Waals surface area (Å²) in [6, 6.07) is 18.2. The third-order valence-electron chi connectivity index (χ3n) is 8.54. The summed E-state index contributed by atoms with van der Waals surface area (Å²) in [5, 5.41) is 18.7. The van der Waals surface area contributed by atoms with E-state index in [0.717, 1.165) is 89.5 Å². The Labute approximate surface area is 252 Å². The van der Waals surface area contributed by atoms with Crippen molar-refractivity contribution in [1.82, 2.24) is 14.9 Å². The molecule has 0 saturated carbocycles. The molecule has 4 aromatic rings. The molecule has 6 rings (SSSR count). The fourth-order valence-corrected chi connectivity index (χ4v) is 6.06. The summed E-state index contributed by atoms with van der Waals surface area (Å²) in [5.74, 6) is 0.646. The second-order valence-electron chi connectivity index (χ2n) is 12.2. The highest BCUT2D eigenvalue weighted by molar-refractivity contribution is 5.95. The molecule has 0 spiro atoms. The number of aryl methyl sites for hydroxylation is 1. The lowest BCUT2D eigenvalue weighted by Gasteiger charge is -2.26. The van der Waals surface area contributed by atoms with Crippen LogP contribution in [0.5, 0.6) is 0 Å². The molecule has 1 saturated heterocycles. The first kappa shape index (κ1) is 29.0. The Morgan fingerprint density at radius 1 is 1.09 bits per heavy atom. The Kier molecular flexibility index (Phi) is 8.05. The molecule has 1 atom stereocenters. The molecule has 0 aliphatic carbocycles. The van der Waals surface area contributed by atoms with Crippen LogP contribution in [0, 0.1) is 6.92 Å². The molecule has 3 heterocycles. The molecule has 43 heavy (non-hydrogen) atoms. The molecule has 3 aromatic carbocycles. The number of aliphatic hydroxyl groups excluding tert-OH is 1. The van der Waals surface area contributed by atoms with E-state index in [1.165, 1.54) is 0 Å². The van der Waals surface area contributed by atoms with Gasteiger partial charge in [0.15, 0.2) is 6.23 Å². The topological polar surface area (TPSA) is 103 Å². The summed E-state index contributed by atoms with van der Waals surface area (Å²) in [7, 11) is 0. The van der Waals surface area contributed by atoms with Crippen LogP contribution in [0.15, 0.2) is 60.8 Å². The summed E-state index contributed by atoms with van der Waals surface area (Å²) < 4.78 is 5.42. The summed E-state index contributed by atoms with van der Waals surface area (Å²) in [6.07, 6.45) is 0.935. The molecule has 0 radical (unpaired) electrons. The van der Waals surface area contributed by atoms with Gasteiger partial charge in [-0.05, 0) is 59.5 Å². The number of hydrogen-bond donors (Lipinski definition) is 3. The predicted octanol–water partition coefficient (Wildman–Crippen LogP) is 5.10. The normalized spacial score (nSPS) is 17.1. The lowest BCUT2D eigenvalue weighted by Crippen LogP contribution is -2.39. The molecule has 0 bridgehead atoms. The fraction of sp³-hybridized carbons (Fsp3) is 0.382.